The first-order valence-electron chi connectivity index (χ1n) is 22.0. The second-order valence-corrected chi connectivity index (χ2v) is 17.5. The van der Waals surface area contributed by atoms with Gasteiger partial charge in [0.05, 0.1) is 36.5 Å². The van der Waals surface area contributed by atoms with E-state index in [4.69, 9.17) is 30.8 Å². The van der Waals surface area contributed by atoms with Gasteiger partial charge in [-0.1, -0.05) is 74.5 Å². The number of fused-ring (bicyclic) bond motifs is 5. The number of aliphatic imine (C=N–C) groups is 1. The van der Waals surface area contributed by atoms with Gasteiger partial charge in [0.25, 0.3) is 5.91 Å². The number of amides is 4. The van der Waals surface area contributed by atoms with E-state index in [1.54, 1.807) is 38.3 Å². The number of carbonyl (C=O) groups excluding carboxylic acids is 4. The van der Waals surface area contributed by atoms with Crippen LogP contribution >= 0.6 is 11.6 Å². The van der Waals surface area contributed by atoms with Crippen LogP contribution in [0.25, 0.3) is 10.8 Å². The van der Waals surface area contributed by atoms with E-state index >= 15 is 0 Å². The minimum atomic E-state index is -0.674. The predicted octanol–water partition coefficient (Wildman–Crippen LogP) is 9.12. The van der Waals surface area contributed by atoms with Gasteiger partial charge >= 0.3 is 0 Å². The van der Waals surface area contributed by atoms with E-state index in [1.165, 1.54) is 0 Å². The van der Waals surface area contributed by atoms with E-state index in [1.807, 2.05) is 90.5 Å². The summed E-state index contributed by atoms with van der Waals surface area (Å²) in [6.07, 6.45) is 5.34. The Morgan fingerprint density at radius 3 is 2.36 bits per heavy atom. The Balaban J connectivity index is 0.947. The highest BCUT2D eigenvalue weighted by Gasteiger charge is 2.35. The first-order valence-corrected chi connectivity index (χ1v) is 22.5. The Bertz CT molecular complexity index is 2600. The van der Waals surface area contributed by atoms with Gasteiger partial charge < -0.3 is 34.6 Å². The molecule has 3 aliphatic rings. The molecular formula is C51H54ClN5O7. The SMILES string of the molecule is COc1cc2c(cc1OCc1cccc(CC(=O)N3C[C@@H](CCl)c4c3cc(OCc3ccc(NC(=O)[C@H](C)NC(=O)CC(C)C)cc3)c3ccccc43)c1)N=C[C@@H]1CCCCN1C2=O. The summed E-state index contributed by atoms with van der Waals surface area (Å²) in [5, 5.41) is 7.53. The van der Waals surface area contributed by atoms with Crippen molar-refractivity contribution in [2.45, 2.75) is 84.1 Å². The van der Waals surface area contributed by atoms with Gasteiger partial charge in [0.2, 0.25) is 17.7 Å². The number of alkyl halides is 1. The number of methoxy groups -OCH3 is 1. The van der Waals surface area contributed by atoms with Crippen molar-refractivity contribution in [1.82, 2.24) is 10.2 Å². The molecule has 64 heavy (non-hydrogen) atoms. The zero-order valence-corrected chi connectivity index (χ0v) is 37.5. The molecule has 5 aromatic carbocycles. The molecule has 5 aromatic rings. The highest BCUT2D eigenvalue weighted by atomic mass is 35.5. The minimum Gasteiger partial charge on any atom is -0.493 e. The van der Waals surface area contributed by atoms with Crippen molar-refractivity contribution in [3.8, 4) is 17.2 Å². The molecule has 2 N–H and O–H groups in total. The summed E-state index contributed by atoms with van der Waals surface area (Å²) in [7, 11) is 1.56. The number of nitrogens with zero attached hydrogens (tertiary/aromatic N) is 3. The molecule has 12 nitrogen and oxygen atoms in total. The van der Waals surface area contributed by atoms with Gasteiger partial charge in [0, 0.05) is 60.7 Å². The monoisotopic (exact) mass is 883 g/mol. The predicted molar refractivity (Wildman–Crippen MR) is 251 cm³/mol. The second kappa shape index (κ2) is 19.6. The number of benzene rings is 5. The fourth-order valence-corrected chi connectivity index (χ4v) is 9.02. The number of hydrogen-bond donors (Lipinski definition) is 2. The fraction of sp³-hybridized carbons (Fsp3) is 0.353. The number of hydrogen-bond acceptors (Lipinski definition) is 8. The Morgan fingerprint density at radius 1 is 0.844 bits per heavy atom. The van der Waals surface area contributed by atoms with Crippen LogP contribution < -0.4 is 29.7 Å². The molecule has 3 heterocycles. The maximum absolute atomic E-state index is 14.3. The molecule has 8 rings (SSSR count). The molecule has 332 valence electrons. The van der Waals surface area contributed by atoms with Gasteiger partial charge in [-0.25, -0.2) is 0 Å². The summed E-state index contributed by atoms with van der Waals surface area (Å²) in [6.45, 7) is 7.20. The average Bonchev–Trinajstić information content (AvgIpc) is 3.62. The molecule has 0 saturated carbocycles. The van der Waals surface area contributed by atoms with Gasteiger partial charge in [-0.2, -0.15) is 0 Å². The summed E-state index contributed by atoms with van der Waals surface area (Å²) in [5.41, 5.74) is 6.07. The third-order valence-corrected chi connectivity index (χ3v) is 12.4. The lowest BCUT2D eigenvalue weighted by Gasteiger charge is -2.32. The Kier molecular flexibility index (Phi) is 13.5. The molecule has 0 unspecified atom stereocenters. The minimum absolute atomic E-state index is 0.00890. The van der Waals surface area contributed by atoms with Crippen molar-refractivity contribution in [3.05, 3.63) is 119 Å². The number of carbonyl (C=O) groups is 4. The highest BCUT2D eigenvalue weighted by molar-refractivity contribution is 6.19. The van der Waals surface area contributed by atoms with Crippen molar-refractivity contribution in [3.63, 3.8) is 0 Å². The lowest BCUT2D eigenvalue weighted by atomic mass is 9.95. The molecule has 1 fully saturated rings. The molecule has 0 aromatic heterocycles. The first-order chi connectivity index (χ1) is 31.0. The number of halogens is 1. The van der Waals surface area contributed by atoms with Gasteiger partial charge in [-0.05, 0) is 77.9 Å². The Morgan fingerprint density at radius 2 is 1.59 bits per heavy atom. The van der Waals surface area contributed by atoms with Crippen LogP contribution in [0.1, 0.15) is 85.0 Å². The standard InChI is InChI=1S/C51H54ClN5O7/c1-31(2)20-47(58)54-32(3)50(60)55-37-17-15-33(16-18-37)29-63-44-25-43-49(40-14-6-5-13-39(40)44)36(26-52)28-57(43)48(59)22-34-10-9-11-35(21-34)30-64-46-24-42-41(23-45(46)62-4)51(61)56-19-8-7-12-38(56)27-53-42/h5-6,9-11,13-18,21,23-25,27,31-32,36,38H,7-8,12,19-20,22,26,28-30H2,1-4H3,(H,54,58)(H,55,60)/t32-,36+,38-/m0/s1. The number of nitrogens with one attached hydrogen (secondary N) is 2. The molecule has 13 heteroatoms. The van der Waals surface area contributed by atoms with Crippen molar-refractivity contribution in [2.75, 3.05) is 36.3 Å². The Hall–Kier alpha value is -6.40. The molecule has 4 amide bonds. The van der Waals surface area contributed by atoms with Gasteiger partial charge in [0.1, 0.15) is 25.0 Å². The summed E-state index contributed by atoms with van der Waals surface area (Å²) in [4.78, 5) is 61.1. The lowest BCUT2D eigenvalue weighted by molar-refractivity contribution is -0.126. The van der Waals surface area contributed by atoms with Crippen molar-refractivity contribution < 1.29 is 33.4 Å². The topological polar surface area (TPSA) is 139 Å². The molecule has 0 radical (unpaired) electrons. The summed E-state index contributed by atoms with van der Waals surface area (Å²) in [6, 6.07) is 27.9. The van der Waals surface area contributed by atoms with Crippen LogP contribution in [-0.4, -0.2) is 72.9 Å². The van der Waals surface area contributed by atoms with Crippen LogP contribution in [0.4, 0.5) is 17.1 Å². The van der Waals surface area contributed by atoms with Crippen LogP contribution in [0.3, 0.4) is 0 Å². The van der Waals surface area contributed by atoms with Crippen LogP contribution in [0, 0.1) is 5.92 Å². The first kappa shape index (κ1) is 44.2. The number of piperidine rings is 1. The zero-order chi connectivity index (χ0) is 44.9. The molecular weight excluding hydrogens is 830 g/mol. The third-order valence-electron chi connectivity index (χ3n) is 12.0. The third kappa shape index (κ3) is 9.72. The summed E-state index contributed by atoms with van der Waals surface area (Å²) >= 11 is 6.60. The van der Waals surface area contributed by atoms with Crippen LogP contribution in [0.5, 0.6) is 17.2 Å². The van der Waals surface area contributed by atoms with Crippen LogP contribution in [0.15, 0.2) is 96.0 Å². The molecule has 1 saturated heterocycles. The number of anilines is 2. The van der Waals surface area contributed by atoms with Crippen molar-refractivity contribution in [2.24, 2.45) is 10.9 Å². The second-order valence-electron chi connectivity index (χ2n) is 17.2. The molecule has 3 atom stereocenters. The lowest BCUT2D eigenvalue weighted by Crippen LogP contribution is -2.43. The van der Waals surface area contributed by atoms with E-state index in [-0.39, 0.29) is 61.1 Å². The highest BCUT2D eigenvalue weighted by Crippen LogP contribution is 2.46. The summed E-state index contributed by atoms with van der Waals surface area (Å²) in [5.74, 6) is 1.50. The summed E-state index contributed by atoms with van der Waals surface area (Å²) < 4.78 is 18.5. The quantitative estimate of drug-likeness (QED) is 0.100. The molecule has 0 spiro atoms. The maximum atomic E-state index is 14.3. The Labute approximate surface area is 378 Å². The van der Waals surface area contributed by atoms with E-state index in [2.05, 4.69) is 16.7 Å². The van der Waals surface area contributed by atoms with Gasteiger partial charge in [-0.15, -0.1) is 11.6 Å². The van der Waals surface area contributed by atoms with Crippen LogP contribution in [0.2, 0.25) is 0 Å². The number of ether oxygens (including phenoxy) is 3. The van der Waals surface area contributed by atoms with Crippen molar-refractivity contribution in [1.29, 1.82) is 0 Å². The van der Waals surface area contributed by atoms with E-state index < -0.39 is 6.04 Å². The van der Waals surface area contributed by atoms with Gasteiger partial charge in [0.15, 0.2) is 11.5 Å². The normalized spacial score (nSPS) is 17.0. The smallest absolute Gasteiger partial charge is 0.256 e. The largest absolute Gasteiger partial charge is 0.493 e. The fourth-order valence-electron chi connectivity index (χ4n) is 8.77. The maximum Gasteiger partial charge on any atom is 0.256 e. The number of rotatable bonds is 15. The molecule has 3 aliphatic heterocycles. The molecule has 0 bridgehead atoms. The van der Waals surface area contributed by atoms with E-state index in [0.717, 1.165) is 58.0 Å². The average molecular weight is 884 g/mol. The van der Waals surface area contributed by atoms with E-state index in [0.29, 0.717) is 59.6 Å². The zero-order valence-electron chi connectivity index (χ0n) is 36.7. The van der Waals surface area contributed by atoms with Gasteiger partial charge in [-0.3, -0.25) is 24.2 Å². The van der Waals surface area contributed by atoms with E-state index in [9.17, 15) is 19.2 Å². The van der Waals surface area contributed by atoms with Crippen molar-refractivity contribution >= 4 is 69.3 Å². The van der Waals surface area contributed by atoms with Crippen LogP contribution in [-0.2, 0) is 34.0 Å². The molecule has 0 aliphatic carbocycles.